The second-order valence-electron chi connectivity index (χ2n) is 6.01. The molecule has 3 rings (SSSR count). The SMILES string of the molecule is CS(=O)(=O)c1cnc(NC(=O)c2ccccc2OC(=O)C2CCOCC2)s1. The van der Waals surface area contributed by atoms with Gasteiger partial charge in [0.05, 0.1) is 17.7 Å². The summed E-state index contributed by atoms with van der Waals surface area (Å²) in [7, 11) is -3.39. The molecule has 0 spiro atoms. The molecule has 0 radical (unpaired) electrons. The number of carbonyl (C=O) groups excluding carboxylic acids is 2. The van der Waals surface area contributed by atoms with Gasteiger partial charge < -0.3 is 9.47 Å². The highest BCUT2D eigenvalue weighted by Gasteiger charge is 2.25. The summed E-state index contributed by atoms with van der Waals surface area (Å²) in [5, 5.41) is 2.68. The minimum atomic E-state index is -3.39. The Kier molecular flexibility index (Phi) is 5.88. The minimum Gasteiger partial charge on any atom is -0.425 e. The molecule has 144 valence electrons. The van der Waals surface area contributed by atoms with Crippen LogP contribution >= 0.6 is 11.3 Å². The largest absolute Gasteiger partial charge is 0.425 e. The Morgan fingerprint density at radius 1 is 1.26 bits per heavy atom. The number of aromatic nitrogens is 1. The molecule has 1 aromatic heterocycles. The summed E-state index contributed by atoms with van der Waals surface area (Å²) in [6.07, 6.45) is 3.42. The Hall–Kier alpha value is -2.30. The van der Waals surface area contributed by atoms with E-state index in [1.807, 2.05) is 0 Å². The van der Waals surface area contributed by atoms with Crippen LogP contribution in [-0.4, -0.2) is 44.7 Å². The molecule has 0 saturated carbocycles. The highest BCUT2D eigenvalue weighted by molar-refractivity contribution is 7.92. The summed E-state index contributed by atoms with van der Waals surface area (Å²) in [6.45, 7) is 1.02. The molecule has 1 aromatic carbocycles. The number of benzene rings is 1. The van der Waals surface area contributed by atoms with E-state index in [4.69, 9.17) is 9.47 Å². The van der Waals surface area contributed by atoms with Crippen LogP contribution in [-0.2, 0) is 19.4 Å². The zero-order valence-electron chi connectivity index (χ0n) is 14.5. The fraction of sp³-hybridized carbons (Fsp3) is 0.353. The Balaban J connectivity index is 1.73. The molecule has 0 aliphatic carbocycles. The first-order valence-corrected chi connectivity index (χ1v) is 10.9. The van der Waals surface area contributed by atoms with Crippen molar-refractivity contribution in [1.82, 2.24) is 4.98 Å². The highest BCUT2D eigenvalue weighted by Crippen LogP contribution is 2.26. The topological polar surface area (TPSA) is 112 Å². The predicted octanol–water partition coefficient (Wildman–Crippen LogP) is 2.13. The molecule has 1 saturated heterocycles. The van der Waals surface area contributed by atoms with Gasteiger partial charge in [0.25, 0.3) is 5.91 Å². The number of anilines is 1. The number of hydrogen-bond acceptors (Lipinski definition) is 8. The van der Waals surface area contributed by atoms with Gasteiger partial charge in [-0.3, -0.25) is 14.9 Å². The van der Waals surface area contributed by atoms with E-state index in [9.17, 15) is 18.0 Å². The standard InChI is InChI=1S/C17H18N2O6S2/c1-27(22,23)14-10-18-17(26-14)19-15(20)12-4-2-3-5-13(12)25-16(21)11-6-8-24-9-7-11/h2-5,10-11H,6-9H2,1H3,(H,18,19,20). The number of thiazole rings is 1. The summed E-state index contributed by atoms with van der Waals surface area (Å²) in [4.78, 5) is 28.8. The van der Waals surface area contributed by atoms with Crippen LogP contribution in [0, 0.1) is 5.92 Å². The Bertz CT molecular complexity index is 948. The number of esters is 1. The van der Waals surface area contributed by atoms with Crippen molar-refractivity contribution in [2.24, 2.45) is 5.92 Å². The maximum atomic E-state index is 12.5. The van der Waals surface area contributed by atoms with Gasteiger partial charge in [-0.05, 0) is 25.0 Å². The number of para-hydroxylation sites is 1. The zero-order chi connectivity index (χ0) is 19.4. The maximum Gasteiger partial charge on any atom is 0.314 e. The first-order chi connectivity index (χ1) is 12.8. The molecule has 10 heteroatoms. The van der Waals surface area contributed by atoms with Crippen LogP contribution in [0.25, 0.3) is 0 Å². The van der Waals surface area contributed by atoms with Crippen LogP contribution in [0.4, 0.5) is 5.13 Å². The first-order valence-electron chi connectivity index (χ1n) is 8.20. The molecule has 1 fully saturated rings. The van der Waals surface area contributed by atoms with E-state index in [1.165, 1.54) is 18.3 Å². The van der Waals surface area contributed by atoms with Gasteiger partial charge in [0.2, 0.25) is 0 Å². The molecule has 8 nitrogen and oxygen atoms in total. The van der Waals surface area contributed by atoms with Crippen LogP contribution in [0.1, 0.15) is 23.2 Å². The molecule has 0 bridgehead atoms. The van der Waals surface area contributed by atoms with Gasteiger partial charge in [-0.1, -0.05) is 23.5 Å². The van der Waals surface area contributed by atoms with Crippen molar-refractivity contribution in [1.29, 1.82) is 0 Å². The number of ether oxygens (including phenoxy) is 2. The molecule has 1 N–H and O–H groups in total. The molecular weight excluding hydrogens is 392 g/mol. The first kappa shape index (κ1) is 19.5. The third kappa shape index (κ3) is 4.90. The average molecular weight is 410 g/mol. The van der Waals surface area contributed by atoms with Crippen LogP contribution in [0.3, 0.4) is 0 Å². The molecule has 2 heterocycles. The maximum absolute atomic E-state index is 12.5. The minimum absolute atomic E-state index is 0.0528. The third-order valence-corrected chi connectivity index (χ3v) is 6.67. The summed E-state index contributed by atoms with van der Waals surface area (Å²) in [6, 6.07) is 6.36. The zero-order valence-corrected chi connectivity index (χ0v) is 16.1. The summed E-state index contributed by atoms with van der Waals surface area (Å²) in [5.41, 5.74) is 0.161. The molecule has 0 unspecified atom stereocenters. The lowest BCUT2D eigenvalue weighted by molar-refractivity contribution is -0.142. The normalized spacial score (nSPS) is 15.3. The van der Waals surface area contributed by atoms with E-state index >= 15 is 0 Å². The lowest BCUT2D eigenvalue weighted by Crippen LogP contribution is -2.27. The van der Waals surface area contributed by atoms with E-state index in [2.05, 4.69) is 10.3 Å². The van der Waals surface area contributed by atoms with Crippen LogP contribution in [0.5, 0.6) is 5.75 Å². The fourth-order valence-electron chi connectivity index (χ4n) is 2.52. The Morgan fingerprint density at radius 3 is 2.63 bits per heavy atom. The summed E-state index contributed by atoms with van der Waals surface area (Å²) >= 11 is 0.853. The van der Waals surface area contributed by atoms with Gasteiger partial charge in [0.15, 0.2) is 15.0 Å². The predicted molar refractivity (Wildman–Crippen MR) is 98.8 cm³/mol. The number of carbonyl (C=O) groups is 2. The Morgan fingerprint density at radius 2 is 1.96 bits per heavy atom. The lowest BCUT2D eigenvalue weighted by atomic mass is 10.0. The van der Waals surface area contributed by atoms with Crippen molar-refractivity contribution < 1.29 is 27.5 Å². The smallest absolute Gasteiger partial charge is 0.314 e. The average Bonchev–Trinajstić information content (AvgIpc) is 3.12. The van der Waals surface area contributed by atoms with Crippen molar-refractivity contribution in [2.45, 2.75) is 17.1 Å². The summed E-state index contributed by atoms with van der Waals surface area (Å²) < 4.78 is 33.8. The molecule has 0 atom stereocenters. The molecule has 2 aromatic rings. The lowest BCUT2D eigenvalue weighted by Gasteiger charge is -2.20. The molecule has 27 heavy (non-hydrogen) atoms. The molecule has 1 aliphatic rings. The van der Waals surface area contributed by atoms with E-state index in [0.29, 0.717) is 26.1 Å². The second-order valence-corrected chi connectivity index (χ2v) is 9.29. The van der Waals surface area contributed by atoms with E-state index in [0.717, 1.165) is 17.6 Å². The molecule has 1 amide bonds. The monoisotopic (exact) mass is 410 g/mol. The van der Waals surface area contributed by atoms with Crippen molar-refractivity contribution in [3.63, 3.8) is 0 Å². The number of rotatable bonds is 5. The number of amides is 1. The van der Waals surface area contributed by atoms with Crippen molar-refractivity contribution in [3.8, 4) is 5.75 Å². The van der Waals surface area contributed by atoms with Crippen LogP contribution in [0.2, 0.25) is 0 Å². The quantitative estimate of drug-likeness (QED) is 0.594. The second kappa shape index (κ2) is 8.15. The van der Waals surface area contributed by atoms with E-state index in [1.54, 1.807) is 12.1 Å². The van der Waals surface area contributed by atoms with Crippen molar-refractivity contribution >= 4 is 38.2 Å². The van der Waals surface area contributed by atoms with E-state index < -0.39 is 21.7 Å². The summed E-state index contributed by atoms with van der Waals surface area (Å²) in [5.74, 6) is -1.05. The van der Waals surface area contributed by atoms with Crippen molar-refractivity contribution in [2.75, 3.05) is 24.8 Å². The van der Waals surface area contributed by atoms with Gasteiger partial charge in [-0.25, -0.2) is 13.4 Å². The van der Waals surface area contributed by atoms with Crippen molar-refractivity contribution in [3.05, 3.63) is 36.0 Å². The molecular formula is C17H18N2O6S2. The van der Waals surface area contributed by atoms with Gasteiger partial charge >= 0.3 is 5.97 Å². The third-order valence-electron chi connectivity index (χ3n) is 3.97. The van der Waals surface area contributed by atoms with Gasteiger partial charge in [-0.2, -0.15) is 0 Å². The van der Waals surface area contributed by atoms with Crippen LogP contribution in [0.15, 0.2) is 34.7 Å². The fourth-order valence-corrected chi connectivity index (χ4v) is 4.15. The Labute approximate surface area is 160 Å². The highest BCUT2D eigenvalue weighted by atomic mass is 32.2. The number of hydrogen-bond donors (Lipinski definition) is 1. The van der Waals surface area contributed by atoms with Gasteiger partial charge in [0, 0.05) is 19.5 Å². The number of nitrogens with zero attached hydrogens (tertiary/aromatic N) is 1. The van der Waals surface area contributed by atoms with Gasteiger partial charge in [-0.15, -0.1) is 0 Å². The number of sulfone groups is 1. The van der Waals surface area contributed by atoms with Crippen LogP contribution < -0.4 is 10.1 Å². The van der Waals surface area contributed by atoms with Gasteiger partial charge in [0.1, 0.15) is 9.96 Å². The number of nitrogens with one attached hydrogen (secondary N) is 1. The van der Waals surface area contributed by atoms with E-state index in [-0.39, 0.29) is 26.6 Å². The molecule has 1 aliphatic heterocycles.